The number of hydrogen-bond acceptors (Lipinski definition) is 4. The van der Waals surface area contributed by atoms with Crippen molar-refractivity contribution in [2.45, 2.75) is 20.0 Å². The van der Waals surface area contributed by atoms with Gasteiger partial charge in [0.2, 0.25) is 0 Å². The molecule has 13 heavy (non-hydrogen) atoms. The van der Waals surface area contributed by atoms with Gasteiger partial charge in [0.15, 0.2) is 6.10 Å². The Kier molecular flexibility index (Phi) is 4.40. The zero-order valence-electron chi connectivity index (χ0n) is 7.85. The maximum atomic E-state index is 10.8. The van der Waals surface area contributed by atoms with Crippen LogP contribution in [-0.4, -0.2) is 35.4 Å². The summed E-state index contributed by atoms with van der Waals surface area (Å²) < 4.78 is 4.24. The SMILES string of the molecule is COC(=O)C(O)C(C(=O)O)C(C)C. The summed E-state index contributed by atoms with van der Waals surface area (Å²) in [6.07, 6.45) is -1.59. The standard InChI is InChI=1S/C8H14O5/c1-4(2)5(7(10)11)6(9)8(12)13-3/h4-6,9H,1-3H3,(H,10,11). The van der Waals surface area contributed by atoms with Crippen molar-refractivity contribution in [2.24, 2.45) is 11.8 Å². The molecule has 0 amide bonds. The molecule has 0 saturated carbocycles. The van der Waals surface area contributed by atoms with Crippen molar-refractivity contribution >= 4 is 11.9 Å². The van der Waals surface area contributed by atoms with E-state index in [2.05, 4.69) is 4.74 Å². The number of aliphatic hydroxyl groups excluding tert-OH is 1. The van der Waals surface area contributed by atoms with Crippen molar-refractivity contribution in [2.75, 3.05) is 7.11 Å². The van der Waals surface area contributed by atoms with Crippen LogP contribution in [0.1, 0.15) is 13.8 Å². The highest BCUT2D eigenvalue weighted by Crippen LogP contribution is 2.16. The predicted octanol–water partition coefficient (Wildman–Crippen LogP) is -0.123. The number of carboxylic acid groups (broad SMARTS) is 1. The molecule has 0 saturated heterocycles. The quantitative estimate of drug-likeness (QED) is 0.603. The first-order valence-electron chi connectivity index (χ1n) is 3.90. The second-order valence-electron chi connectivity index (χ2n) is 3.08. The fourth-order valence-electron chi connectivity index (χ4n) is 1.05. The summed E-state index contributed by atoms with van der Waals surface area (Å²) in [5, 5.41) is 18.0. The lowest BCUT2D eigenvalue weighted by Gasteiger charge is -2.19. The van der Waals surface area contributed by atoms with Gasteiger partial charge in [0, 0.05) is 0 Å². The molecular weight excluding hydrogens is 176 g/mol. The summed E-state index contributed by atoms with van der Waals surface area (Å²) in [5.74, 6) is -3.56. The Balaban J connectivity index is 4.55. The molecule has 76 valence electrons. The molecule has 2 N–H and O–H groups in total. The molecule has 0 radical (unpaired) electrons. The molecule has 0 spiro atoms. The van der Waals surface area contributed by atoms with E-state index in [1.54, 1.807) is 13.8 Å². The van der Waals surface area contributed by atoms with Gasteiger partial charge in [-0.2, -0.15) is 0 Å². The average Bonchev–Trinajstić information content (AvgIpc) is 2.01. The van der Waals surface area contributed by atoms with Gasteiger partial charge >= 0.3 is 11.9 Å². The summed E-state index contributed by atoms with van der Waals surface area (Å²) in [6.45, 7) is 3.23. The average molecular weight is 190 g/mol. The molecule has 0 aromatic rings. The van der Waals surface area contributed by atoms with Gasteiger partial charge in [-0.15, -0.1) is 0 Å². The molecule has 2 atom stereocenters. The summed E-state index contributed by atoms with van der Waals surface area (Å²) in [5.41, 5.74) is 0. The van der Waals surface area contributed by atoms with E-state index in [1.165, 1.54) is 0 Å². The van der Waals surface area contributed by atoms with Crippen molar-refractivity contribution < 1.29 is 24.5 Å². The molecule has 5 nitrogen and oxygen atoms in total. The van der Waals surface area contributed by atoms with Crippen molar-refractivity contribution in [3.8, 4) is 0 Å². The first-order chi connectivity index (χ1) is 5.91. The van der Waals surface area contributed by atoms with Gasteiger partial charge in [-0.3, -0.25) is 4.79 Å². The summed E-state index contributed by atoms with van der Waals surface area (Å²) in [7, 11) is 1.10. The maximum Gasteiger partial charge on any atom is 0.335 e. The highest BCUT2D eigenvalue weighted by Gasteiger charge is 2.35. The van der Waals surface area contributed by atoms with Crippen LogP contribution in [0.3, 0.4) is 0 Å². The van der Waals surface area contributed by atoms with Crippen LogP contribution >= 0.6 is 0 Å². The molecular formula is C8H14O5. The first-order valence-corrected chi connectivity index (χ1v) is 3.90. The molecule has 0 aromatic heterocycles. The van der Waals surface area contributed by atoms with Gasteiger partial charge in [-0.1, -0.05) is 13.8 Å². The third-order valence-electron chi connectivity index (χ3n) is 1.79. The fourth-order valence-corrected chi connectivity index (χ4v) is 1.05. The van der Waals surface area contributed by atoms with Crippen molar-refractivity contribution in [1.29, 1.82) is 0 Å². The summed E-state index contributed by atoms with van der Waals surface area (Å²) in [4.78, 5) is 21.5. The first kappa shape index (κ1) is 11.9. The lowest BCUT2D eigenvalue weighted by molar-refractivity contribution is -0.163. The Morgan fingerprint density at radius 2 is 1.77 bits per heavy atom. The number of ether oxygens (including phenoxy) is 1. The van der Waals surface area contributed by atoms with Crippen LogP contribution in [0.4, 0.5) is 0 Å². The van der Waals surface area contributed by atoms with Crippen LogP contribution < -0.4 is 0 Å². The largest absolute Gasteiger partial charge is 0.481 e. The topological polar surface area (TPSA) is 83.8 Å². The Hall–Kier alpha value is -1.10. The highest BCUT2D eigenvalue weighted by molar-refractivity contribution is 5.82. The number of hydrogen-bond donors (Lipinski definition) is 2. The number of carboxylic acids is 1. The predicted molar refractivity (Wildman–Crippen MR) is 44.0 cm³/mol. The van der Waals surface area contributed by atoms with Gasteiger partial charge in [0.05, 0.1) is 13.0 Å². The lowest BCUT2D eigenvalue weighted by Crippen LogP contribution is -2.38. The van der Waals surface area contributed by atoms with E-state index in [-0.39, 0.29) is 5.92 Å². The molecule has 0 aliphatic carbocycles. The molecule has 0 fully saturated rings. The highest BCUT2D eigenvalue weighted by atomic mass is 16.5. The van der Waals surface area contributed by atoms with Gasteiger partial charge < -0.3 is 14.9 Å². The van der Waals surface area contributed by atoms with E-state index in [9.17, 15) is 14.7 Å². The van der Waals surface area contributed by atoms with Gasteiger partial charge in [0.25, 0.3) is 0 Å². The number of esters is 1. The van der Waals surface area contributed by atoms with Gasteiger partial charge in [0.1, 0.15) is 0 Å². The minimum absolute atomic E-state index is 0.327. The second-order valence-corrected chi connectivity index (χ2v) is 3.08. The van der Waals surface area contributed by atoms with Crippen molar-refractivity contribution in [3.63, 3.8) is 0 Å². The molecule has 2 unspecified atom stereocenters. The van der Waals surface area contributed by atoms with Crippen LogP contribution in [0.2, 0.25) is 0 Å². The third kappa shape index (κ3) is 3.02. The molecule has 5 heteroatoms. The molecule has 0 heterocycles. The second kappa shape index (κ2) is 4.81. The number of aliphatic hydroxyl groups is 1. The molecule has 0 aliphatic heterocycles. The van der Waals surface area contributed by atoms with Crippen LogP contribution in [-0.2, 0) is 14.3 Å². The zero-order valence-corrected chi connectivity index (χ0v) is 7.85. The number of rotatable bonds is 4. The fraction of sp³-hybridized carbons (Fsp3) is 0.750. The van der Waals surface area contributed by atoms with E-state index in [0.29, 0.717) is 0 Å². The van der Waals surface area contributed by atoms with Crippen molar-refractivity contribution in [1.82, 2.24) is 0 Å². The molecule has 0 aromatic carbocycles. The molecule has 0 rings (SSSR count). The number of carbonyl (C=O) groups excluding carboxylic acids is 1. The third-order valence-corrected chi connectivity index (χ3v) is 1.79. The monoisotopic (exact) mass is 190 g/mol. The summed E-state index contributed by atoms with van der Waals surface area (Å²) >= 11 is 0. The van der Waals surface area contributed by atoms with Gasteiger partial charge in [-0.05, 0) is 5.92 Å². The normalized spacial score (nSPS) is 15.2. The minimum atomic E-state index is -1.59. The lowest BCUT2D eigenvalue weighted by atomic mass is 9.90. The van der Waals surface area contributed by atoms with Crippen LogP contribution in [0.15, 0.2) is 0 Å². The molecule has 0 bridgehead atoms. The number of carbonyl (C=O) groups is 2. The number of aliphatic carboxylic acids is 1. The van der Waals surface area contributed by atoms with E-state index in [0.717, 1.165) is 7.11 Å². The summed E-state index contributed by atoms with van der Waals surface area (Å²) in [6, 6.07) is 0. The smallest absolute Gasteiger partial charge is 0.335 e. The minimum Gasteiger partial charge on any atom is -0.481 e. The van der Waals surface area contributed by atoms with Crippen LogP contribution in [0, 0.1) is 11.8 Å². The Morgan fingerprint density at radius 3 is 2.00 bits per heavy atom. The van der Waals surface area contributed by atoms with E-state index in [4.69, 9.17) is 5.11 Å². The molecule has 0 aliphatic rings. The van der Waals surface area contributed by atoms with E-state index >= 15 is 0 Å². The zero-order chi connectivity index (χ0) is 10.6. The Bertz CT molecular complexity index is 199. The Labute approximate surface area is 76.3 Å². The Morgan fingerprint density at radius 1 is 1.31 bits per heavy atom. The van der Waals surface area contributed by atoms with Crippen LogP contribution in [0.5, 0.6) is 0 Å². The van der Waals surface area contributed by atoms with Crippen LogP contribution in [0.25, 0.3) is 0 Å². The van der Waals surface area contributed by atoms with E-state index < -0.39 is 24.0 Å². The van der Waals surface area contributed by atoms with Crippen molar-refractivity contribution in [3.05, 3.63) is 0 Å². The number of methoxy groups -OCH3 is 1. The maximum absolute atomic E-state index is 10.8. The van der Waals surface area contributed by atoms with Gasteiger partial charge in [-0.25, -0.2) is 4.79 Å². The van der Waals surface area contributed by atoms with E-state index in [1.807, 2.05) is 0 Å².